The molecular formula is C26H33NO2. The second kappa shape index (κ2) is 8.30. The maximum Gasteiger partial charge on any atom is 0.125 e. The third-order valence-corrected chi connectivity index (χ3v) is 6.88. The van der Waals surface area contributed by atoms with Crippen molar-refractivity contribution < 1.29 is 4.74 Å². The molecule has 29 heavy (non-hydrogen) atoms. The van der Waals surface area contributed by atoms with E-state index in [1.54, 1.807) is 0 Å². The monoisotopic (exact) mass is 391 g/mol. The van der Waals surface area contributed by atoms with Gasteiger partial charge >= 0.3 is 0 Å². The highest BCUT2D eigenvalue weighted by molar-refractivity contribution is 5.49. The summed E-state index contributed by atoms with van der Waals surface area (Å²) in [5.74, 6) is 1.71. The van der Waals surface area contributed by atoms with Gasteiger partial charge in [-0.2, -0.15) is 0 Å². The van der Waals surface area contributed by atoms with Crippen molar-refractivity contribution in [1.82, 2.24) is 0 Å². The van der Waals surface area contributed by atoms with Gasteiger partial charge in [0.25, 0.3) is 0 Å². The van der Waals surface area contributed by atoms with E-state index >= 15 is 0 Å². The van der Waals surface area contributed by atoms with E-state index in [4.69, 9.17) is 4.74 Å². The van der Waals surface area contributed by atoms with Crippen molar-refractivity contribution in [3.05, 3.63) is 68.8 Å². The molecule has 0 aromatic heterocycles. The average Bonchev–Trinajstić information content (AvgIpc) is 3.03. The van der Waals surface area contributed by atoms with Crippen molar-refractivity contribution >= 4 is 0 Å². The van der Waals surface area contributed by atoms with Crippen LogP contribution in [0.4, 0.5) is 0 Å². The lowest BCUT2D eigenvalue weighted by molar-refractivity contribution is 0.244. The minimum absolute atomic E-state index is 0.397. The Morgan fingerprint density at radius 1 is 1.17 bits per heavy atom. The summed E-state index contributed by atoms with van der Waals surface area (Å²) in [6, 6.07) is 4.66. The van der Waals surface area contributed by atoms with Gasteiger partial charge in [-0.05, 0) is 90.1 Å². The van der Waals surface area contributed by atoms with Crippen LogP contribution in [0.5, 0.6) is 5.75 Å². The number of fused-ring (bicyclic) bond motifs is 3. The van der Waals surface area contributed by atoms with Crippen molar-refractivity contribution in [2.75, 3.05) is 6.61 Å². The van der Waals surface area contributed by atoms with E-state index in [1.165, 1.54) is 34.4 Å². The highest BCUT2D eigenvalue weighted by Crippen LogP contribution is 2.42. The van der Waals surface area contributed by atoms with Gasteiger partial charge in [0.2, 0.25) is 0 Å². The van der Waals surface area contributed by atoms with Gasteiger partial charge in [-0.1, -0.05) is 56.7 Å². The van der Waals surface area contributed by atoms with E-state index in [2.05, 4.69) is 50.2 Å². The van der Waals surface area contributed by atoms with Crippen molar-refractivity contribution in [3.8, 4) is 5.75 Å². The molecular weight excluding hydrogens is 358 g/mol. The van der Waals surface area contributed by atoms with Gasteiger partial charge in [-0.15, -0.1) is 4.91 Å². The van der Waals surface area contributed by atoms with Crippen molar-refractivity contribution in [2.45, 2.75) is 72.1 Å². The van der Waals surface area contributed by atoms with Crippen LogP contribution in [-0.4, -0.2) is 6.61 Å². The van der Waals surface area contributed by atoms with Crippen LogP contribution in [0.3, 0.4) is 0 Å². The topological polar surface area (TPSA) is 38.7 Å². The standard InChI is InChI=1S/C26H33NO2/c1-4-20-8-5-18(7-12-24(20)27-28)15-19-6-9-21-10-11-22-16-26(2,3)14-13-23(22)25(21)29-17-19/h5,8,10-12,19H,4,6-7,9,13-17H2,1-3H3. The Hall–Kier alpha value is -2.16. The highest BCUT2D eigenvalue weighted by atomic mass is 16.5. The number of ether oxygens (including phenoxy) is 1. The van der Waals surface area contributed by atoms with Gasteiger partial charge in [0.05, 0.1) is 6.61 Å². The first-order valence-electron chi connectivity index (χ1n) is 11.2. The molecule has 0 spiro atoms. The van der Waals surface area contributed by atoms with E-state index in [9.17, 15) is 4.91 Å². The molecule has 1 aromatic rings. The third-order valence-electron chi connectivity index (χ3n) is 6.88. The van der Waals surface area contributed by atoms with Gasteiger partial charge in [-0.25, -0.2) is 0 Å². The number of hydrogen-bond donors (Lipinski definition) is 0. The SMILES string of the molecule is CCC1=CC=C(CC2CCc3ccc4c(c3OC2)CCC(C)(C)C4)CC=C1N=O. The lowest BCUT2D eigenvalue weighted by Gasteiger charge is -2.32. The van der Waals surface area contributed by atoms with Crippen molar-refractivity contribution in [2.24, 2.45) is 16.5 Å². The van der Waals surface area contributed by atoms with Crippen LogP contribution in [0.25, 0.3) is 0 Å². The summed E-state index contributed by atoms with van der Waals surface area (Å²) in [7, 11) is 0. The molecule has 3 nitrogen and oxygen atoms in total. The second-order valence-corrected chi connectivity index (χ2v) is 9.71. The fourth-order valence-corrected chi connectivity index (χ4v) is 5.05. The zero-order chi connectivity index (χ0) is 20.4. The predicted molar refractivity (Wildman–Crippen MR) is 119 cm³/mol. The normalized spacial score (nSPS) is 23.3. The smallest absolute Gasteiger partial charge is 0.125 e. The summed E-state index contributed by atoms with van der Waals surface area (Å²) in [6.07, 6.45) is 14.7. The molecule has 0 radical (unpaired) electrons. The summed E-state index contributed by atoms with van der Waals surface area (Å²) in [4.78, 5) is 11.1. The Kier molecular flexibility index (Phi) is 5.76. The number of benzene rings is 1. The Bertz CT molecular complexity index is 888. The molecule has 0 saturated heterocycles. The summed E-state index contributed by atoms with van der Waals surface area (Å²) in [5, 5.41) is 3.22. The van der Waals surface area contributed by atoms with Crippen molar-refractivity contribution in [3.63, 3.8) is 0 Å². The number of aryl methyl sites for hydroxylation is 1. The number of nitroso groups, excluding NO2 is 1. The van der Waals surface area contributed by atoms with E-state index < -0.39 is 0 Å². The lowest BCUT2D eigenvalue weighted by Crippen LogP contribution is -2.23. The first-order valence-corrected chi connectivity index (χ1v) is 11.2. The van der Waals surface area contributed by atoms with Crippen LogP contribution in [0.1, 0.15) is 69.6 Å². The minimum atomic E-state index is 0.397. The molecule has 4 rings (SSSR count). The molecule has 0 N–H and O–H groups in total. The molecule has 0 fully saturated rings. The first kappa shape index (κ1) is 20.1. The fourth-order valence-electron chi connectivity index (χ4n) is 5.05. The average molecular weight is 392 g/mol. The largest absolute Gasteiger partial charge is 0.493 e. The Morgan fingerprint density at radius 3 is 2.79 bits per heavy atom. The fraction of sp³-hybridized carbons (Fsp3) is 0.538. The molecule has 3 heteroatoms. The predicted octanol–water partition coefficient (Wildman–Crippen LogP) is 6.85. The Balaban J connectivity index is 1.47. The zero-order valence-corrected chi connectivity index (χ0v) is 18.1. The molecule has 0 amide bonds. The highest BCUT2D eigenvalue weighted by Gasteiger charge is 2.29. The van der Waals surface area contributed by atoms with Gasteiger partial charge < -0.3 is 4.74 Å². The minimum Gasteiger partial charge on any atom is -0.493 e. The van der Waals surface area contributed by atoms with Gasteiger partial charge in [0.1, 0.15) is 11.4 Å². The Labute approximate surface area is 174 Å². The summed E-state index contributed by atoms with van der Waals surface area (Å²) in [6.45, 7) is 7.60. The quantitative estimate of drug-likeness (QED) is 0.526. The molecule has 1 aliphatic heterocycles. The molecule has 2 aliphatic carbocycles. The summed E-state index contributed by atoms with van der Waals surface area (Å²) in [5.41, 5.74) is 7.76. The number of allylic oxidation sites excluding steroid dienone is 5. The summed E-state index contributed by atoms with van der Waals surface area (Å²) < 4.78 is 6.46. The first-order chi connectivity index (χ1) is 14.0. The maximum absolute atomic E-state index is 11.1. The van der Waals surface area contributed by atoms with Gasteiger partial charge in [0, 0.05) is 0 Å². The maximum atomic E-state index is 11.1. The second-order valence-electron chi connectivity index (χ2n) is 9.71. The molecule has 1 atom stereocenters. The van der Waals surface area contributed by atoms with Crippen LogP contribution in [0.2, 0.25) is 0 Å². The molecule has 0 saturated carbocycles. The molecule has 154 valence electrons. The van der Waals surface area contributed by atoms with E-state index in [0.717, 1.165) is 57.1 Å². The Morgan fingerprint density at radius 2 is 2.00 bits per heavy atom. The van der Waals surface area contributed by atoms with Crippen LogP contribution >= 0.6 is 0 Å². The van der Waals surface area contributed by atoms with E-state index in [-0.39, 0.29) is 0 Å². The van der Waals surface area contributed by atoms with E-state index in [0.29, 0.717) is 17.0 Å². The molecule has 0 bridgehead atoms. The molecule has 3 aliphatic rings. The number of rotatable bonds is 4. The number of nitrogens with zero attached hydrogens (tertiary/aromatic N) is 1. The van der Waals surface area contributed by atoms with Gasteiger partial charge in [-0.3, -0.25) is 0 Å². The van der Waals surface area contributed by atoms with Crippen LogP contribution in [0.15, 0.2) is 52.4 Å². The van der Waals surface area contributed by atoms with Gasteiger partial charge in [0.15, 0.2) is 0 Å². The van der Waals surface area contributed by atoms with Crippen LogP contribution in [0, 0.1) is 16.2 Å². The number of hydrogen-bond acceptors (Lipinski definition) is 3. The molecule has 1 unspecified atom stereocenters. The molecule has 1 aromatic carbocycles. The van der Waals surface area contributed by atoms with Crippen LogP contribution in [-0.2, 0) is 19.3 Å². The van der Waals surface area contributed by atoms with E-state index in [1.807, 2.05) is 6.08 Å². The van der Waals surface area contributed by atoms with Crippen LogP contribution < -0.4 is 4.74 Å². The third kappa shape index (κ3) is 4.39. The lowest BCUT2D eigenvalue weighted by atomic mass is 9.73. The molecule has 1 heterocycles. The van der Waals surface area contributed by atoms with Crippen molar-refractivity contribution in [1.29, 1.82) is 0 Å². The summed E-state index contributed by atoms with van der Waals surface area (Å²) >= 11 is 0. The zero-order valence-electron chi connectivity index (χ0n) is 18.1.